The van der Waals surface area contributed by atoms with Crippen LogP contribution in [0.3, 0.4) is 0 Å². The number of sulfonamides is 1. The fourth-order valence-electron chi connectivity index (χ4n) is 1.73. The van der Waals surface area contributed by atoms with Crippen LogP contribution >= 0.6 is 22.9 Å². The number of halogens is 1. The van der Waals surface area contributed by atoms with Crippen molar-refractivity contribution < 1.29 is 13.5 Å². The molecule has 0 spiro atoms. The van der Waals surface area contributed by atoms with Gasteiger partial charge in [0, 0.05) is 21.2 Å². The Morgan fingerprint density at radius 2 is 2.15 bits per heavy atom. The van der Waals surface area contributed by atoms with Gasteiger partial charge >= 0.3 is 0 Å². The normalized spacial score (nSPS) is 13.5. The first-order chi connectivity index (χ1) is 9.37. The number of aliphatic hydroxyl groups excluding tert-OH is 1. The van der Waals surface area contributed by atoms with Crippen LogP contribution in [0.4, 0.5) is 0 Å². The van der Waals surface area contributed by atoms with Crippen molar-refractivity contribution in [3.8, 4) is 0 Å². The Labute approximate surface area is 126 Å². The Kier molecular flexibility index (Phi) is 4.82. The van der Waals surface area contributed by atoms with Crippen molar-refractivity contribution >= 4 is 43.0 Å². The number of benzene rings is 1. The molecule has 4 nitrogen and oxygen atoms in total. The van der Waals surface area contributed by atoms with Gasteiger partial charge in [0.25, 0.3) is 0 Å². The van der Waals surface area contributed by atoms with Gasteiger partial charge in [-0.2, -0.15) is 0 Å². The lowest BCUT2D eigenvalue weighted by molar-refractivity contribution is 0.186. The average Bonchev–Trinajstić information content (AvgIpc) is 2.78. The molecule has 0 saturated heterocycles. The molecular weight excluding hydrogens is 318 g/mol. The van der Waals surface area contributed by atoms with Gasteiger partial charge in [0.15, 0.2) is 0 Å². The molecule has 2 aromatic rings. The zero-order chi connectivity index (χ0) is 14.8. The summed E-state index contributed by atoms with van der Waals surface area (Å²) in [5.41, 5.74) is 0. The van der Waals surface area contributed by atoms with Crippen molar-refractivity contribution in [3.63, 3.8) is 0 Å². The molecule has 1 aromatic heterocycles. The molecule has 1 aromatic carbocycles. The molecule has 0 radical (unpaired) electrons. The topological polar surface area (TPSA) is 66.4 Å². The minimum Gasteiger partial charge on any atom is -0.386 e. The summed E-state index contributed by atoms with van der Waals surface area (Å²) in [5, 5.41) is 11.1. The second-order valence-corrected chi connectivity index (χ2v) is 7.78. The maximum Gasteiger partial charge on any atom is 0.216 e. The second-order valence-electron chi connectivity index (χ2n) is 4.33. The highest BCUT2D eigenvalue weighted by Crippen LogP contribution is 2.29. The van der Waals surface area contributed by atoms with Gasteiger partial charge in [-0.3, -0.25) is 0 Å². The van der Waals surface area contributed by atoms with Crippen molar-refractivity contribution in [2.24, 2.45) is 0 Å². The number of rotatable bonds is 6. The summed E-state index contributed by atoms with van der Waals surface area (Å²) in [6.45, 7) is 3.26. The Bertz CT molecular complexity index is 691. The molecular formula is C13H14ClNO3S2. The van der Waals surface area contributed by atoms with E-state index in [1.54, 1.807) is 0 Å². The highest BCUT2D eigenvalue weighted by atomic mass is 35.5. The monoisotopic (exact) mass is 331 g/mol. The lowest BCUT2D eigenvalue weighted by atomic mass is 10.2. The fraction of sp³-hybridized carbons (Fsp3) is 0.231. The van der Waals surface area contributed by atoms with Gasteiger partial charge in [-0.25, -0.2) is 13.1 Å². The zero-order valence-corrected chi connectivity index (χ0v) is 12.9. The maximum atomic E-state index is 11.6. The predicted octanol–water partition coefficient (Wildman–Crippen LogP) is 2.61. The Morgan fingerprint density at radius 3 is 2.80 bits per heavy atom. The van der Waals surface area contributed by atoms with Gasteiger partial charge in [-0.05, 0) is 17.5 Å². The first-order valence-corrected chi connectivity index (χ1v) is 8.69. The molecule has 0 aliphatic rings. The molecule has 0 bridgehead atoms. The lowest BCUT2D eigenvalue weighted by Crippen LogP contribution is -2.30. The molecule has 0 amide bonds. The highest BCUT2D eigenvalue weighted by Gasteiger charge is 2.16. The van der Waals surface area contributed by atoms with E-state index in [0.29, 0.717) is 0 Å². The summed E-state index contributed by atoms with van der Waals surface area (Å²) in [5.74, 6) is -0.353. The molecule has 1 heterocycles. The molecule has 7 heteroatoms. The van der Waals surface area contributed by atoms with Gasteiger partial charge in [-0.1, -0.05) is 36.4 Å². The molecule has 1 atom stereocenters. The first-order valence-electron chi connectivity index (χ1n) is 5.84. The quantitative estimate of drug-likeness (QED) is 0.855. The molecule has 0 fully saturated rings. The Morgan fingerprint density at radius 1 is 1.45 bits per heavy atom. The van der Waals surface area contributed by atoms with Gasteiger partial charge in [0.1, 0.15) is 6.10 Å². The molecule has 1 unspecified atom stereocenters. The van der Waals surface area contributed by atoms with Crippen LogP contribution in [0, 0.1) is 0 Å². The van der Waals surface area contributed by atoms with Crippen LogP contribution < -0.4 is 4.72 Å². The summed E-state index contributed by atoms with van der Waals surface area (Å²) in [7, 11) is -3.55. The number of hydrogen-bond acceptors (Lipinski definition) is 4. The Balaban J connectivity index is 2.05. The predicted molar refractivity (Wildman–Crippen MR) is 83.6 cm³/mol. The molecule has 20 heavy (non-hydrogen) atoms. The van der Waals surface area contributed by atoms with Crippen molar-refractivity contribution in [1.29, 1.82) is 0 Å². The Hall–Kier alpha value is -0.920. The van der Waals surface area contributed by atoms with E-state index >= 15 is 0 Å². The van der Waals surface area contributed by atoms with E-state index in [4.69, 9.17) is 11.6 Å². The average molecular weight is 332 g/mol. The third kappa shape index (κ3) is 4.04. The molecule has 2 N–H and O–H groups in total. The van der Waals surface area contributed by atoms with E-state index in [-0.39, 0.29) is 17.3 Å². The molecule has 2 rings (SSSR count). The molecule has 0 aliphatic carbocycles. The van der Waals surface area contributed by atoms with Crippen LogP contribution in [-0.2, 0) is 10.0 Å². The van der Waals surface area contributed by atoms with Crippen LogP contribution in [-0.4, -0.2) is 25.8 Å². The summed E-state index contributed by atoms with van der Waals surface area (Å²) >= 11 is 6.92. The largest absolute Gasteiger partial charge is 0.386 e. The number of thiophene rings is 1. The molecule has 0 saturated carbocycles. The van der Waals surface area contributed by atoms with Gasteiger partial charge in [0.2, 0.25) is 10.0 Å². The lowest BCUT2D eigenvalue weighted by Gasteiger charge is -2.10. The van der Waals surface area contributed by atoms with Gasteiger partial charge in [0.05, 0.1) is 5.75 Å². The second kappa shape index (κ2) is 6.24. The highest BCUT2D eigenvalue weighted by molar-refractivity contribution is 7.89. The van der Waals surface area contributed by atoms with E-state index in [2.05, 4.69) is 11.3 Å². The van der Waals surface area contributed by atoms with Crippen molar-refractivity contribution in [1.82, 2.24) is 4.72 Å². The minimum atomic E-state index is -3.55. The third-order valence-corrected chi connectivity index (χ3v) is 5.46. The van der Waals surface area contributed by atoms with Crippen LogP contribution in [0.1, 0.15) is 11.0 Å². The van der Waals surface area contributed by atoms with E-state index < -0.39 is 16.1 Å². The summed E-state index contributed by atoms with van der Waals surface area (Å²) < 4.78 is 26.5. The summed E-state index contributed by atoms with van der Waals surface area (Å²) in [6, 6.07) is 9.60. The molecule has 108 valence electrons. The number of fused-ring (bicyclic) bond motifs is 1. The van der Waals surface area contributed by atoms with E-state index in [9.17, 15) is 13.5 Å². The van der Waals surface area contributed by atoms with Gasteiger partial charge < -0.3 is 5.11 Å². The summed E-state index contributed by atoms with van der Waals surface area (Å²) in [4.78, 5) is 0.721. The standard InChI is InChI=1S/C13H14ClNO3S2/c1-9(14)8-20(17,18)15-7-11(16)13-6-10-4-2-3-5-12(10)19-13/h2-6,11,15-16H,1,7-8H2. The van der Waals surface area contributed by atoms with Crippen molar-refractivity contribution in [3.05, 3.63) is 46.8 Å². The maximum absolute atomic E-state index is 11.6. The van der Waals surface area contributed by atoms with Crippen molar-refractivity contribution in [2.75, 3.05) is 12.3 Å². The molecule has 0 aliphatic heterocycles. The minimum absolute atomic E-state index is 0.0360. The van der Waals surface area contributed by atoms with E-state index in [1.807, 2.05) is 30.3 Å². The van der Waals surface area contributed by atoms with Gasteiger partial charge in [-0.15, -0.1) is 11.3 Å². The number of hydrogen-bond donors (Lipinski definition) is 2. The van der Waals surface area contributed by atoms with Crippen LogP contribution in [0.2, 0.25) is 0 Å². The van der Waals surface area contributed by atoms with Crippen LogP contribution in [0.25, 0.3) is 10.1 Å². The fourth-order valence-corrected chi connectivity index (χ4v) is 4.14. The van der Waals surface area contributed by atoms with E-state index in [1.165, 1.54) is 11.3 Å². The first kappa shape index (κ1) is 15.5. The number of nitrogens with one attached hydrogen (secondary N) is 1. The van der Waals surface area contributed by atoms with Crippen LogP contribution in [0.15, 0.2) is 41.9 Å². The van der Waals surface area contributed by atoms with E-state index in [0.717, 1.165) is 15.0 Å². The van der Waals surface area contributed by atoms with Crippen molar-refractivity contribution in [2.45, 2.75) is 6.10 Å². The smallest absolute Gasteiger partial charge is 0.216 e. The zero-order valence-electron chi connectivity index (χ0n) is 10.5. The third-order valence-electron chi connectivity index (χ3n) is 2.62. The number of aliphatic hydroxyl groups is 1. The van der Waals surface area contributed by atoms with Crippen LogP contribution in [0.5, 0.6) is 0 Å². The summed E-state index contributed by atoms with van der Waals surface area (Å²) in [6.07, 6.45) is -0.884. The SMILES string of the molecule is C=C(Cl)CS(=O)(=O)NCC(O)c1cc2ccccc2s1.